The summed E-state index contributed by atoms with van der Waals surface area (Å²) in [4.78, 5) is 22.0. The molecule has 1 atom stereocenters. The van der Waals surface area contributed by atoms with E-state index in [1.807, 2.05) is 41.3 Å². The summed E-state index contributed by atoms with van der Waals surface area (Å²) in [6.45, 7) is 1.20. The molecule has 4 rings (SSSR count). The van der Waals surface area contributed by atoms with Crippen LogP contribution in [-0.2, 0) is 0 Å². The van der Waals surface area contributed by atoms with Crippen LogP contribution in [0.2, 0.25) is 0 Å². The summed E-state index contributed by atoms with van der Waals surface area (Å²) in [5, 5.41) is 0.985. The van der Waals surface area contributed by atoms with Gasteiger partial charge in [0.25, 0.3) is 5.91 Å². The lowest BCUT2D eigenvalue weighted by Crippen LogP contribution is -2.31. The summed E-state index contributed by atoms with van der Waals surface area (Å²) in [6.07, 6.45) is 2.41. The van der Waals surface area contributed by atoms with E-state index in [1.54, 1.807) is 13.3 Å². The maximum Gasteiger partial charge on any atom is 0.270 e. The maximum absolute atomic E-state index is 12.8. The number of benzene rings is 1. The number of hydrogen-bond acceptors (Lipinski definition) is 4. The third-order valence-electron chi connectivity index (χ3n) is 4.50. The molecule has 0 saturated carbocycles. The molecule has 1 aliphatic heterocycles. The molecule has 1 N–H and O–H groups in total. The first-order valence-electron chi connectivity index (χ1n) is 8.37. The van der Waals surface area contributed by atoms with Gasteiger partial charge >= 0.3 is 0 Å². The molecule has 1 aromatic carbocycles. The number of aromatic nitrogens is 2. The SMILES string of the molecule is COc1ccc2cc(C(=O)N3CCC(Oc4ncccc4Br)C3)[nH]c2c1. The van der Waals surface area contributed by atoms with Gasteiger partial charge in [-0.3, -0.25) is 4.79 Å². The van der Waals surface area contributed by atoms with E-state index in [4.69, 9.17) is 9.47 Å². The Kier molecular flexibility index (Phi) is 4.55. The Bertz CT molecular complexity index is 956. The molecule has 1 unspecified atom stereocenters. The van der Waals surface area contributed by atoms with Crippen LogP contribution in [0.3, 0.4) is 0 Å². The summed E-state index contributed by atoms with van der Waals surface area (Å²) >= 11 is 3.43. The second kappa shape index (κ2) is 6.99. The average Bonchev–Trinajstić information content (AvgIpc) is 3.29. The number of H-pyrrole nitrogens is 1. The molecule has 1 aliphatic rings. The van der Waals surface area contributed by atoms with Crippen molar-refractivity contribution in [3.8, 4) is 11.6 Å². The van der Waals surface area contributed by atoms with Gasteiger partial charge in [-0.25, -0.2) is 4.98 Å². The number of pyridine rings is 1. The number of amides is 1. The molecule has 0 radical (unpaired) electrons. The Labute approximate surface area is 159 Å². The number of methoxy groups -OCH3 is 1. The van der Waals surface area contributed by atoms with Crippen molar-refractivity contribution in [1.82, 2.24) is 14.9 Å². The maximum atomic E-state index is 12.8. The molecular weight excluding hydrogens is 398 g/mol. The lowest BCUT2D eigenvalue weighted by molar-refractivity contribution is 0.0766. The number of hydrogen-bond donors (Lipinski definition) is 1. The number of rotatable bonds is 4. The quantitative estimate of drug-likeness (QED) is 0.706. The zero-order valence-corrected chi connectivity index (χ0v) is 15.8. The van der Waals surface area contributed by atoms with Crippen LogP contribution in [0, 0.1) is 0 Å². The van der Waals surface area contributed by atoms with Gasteiger partial charge in [-0.05, 0) is 46.3 Å². The molecule has 134 valence electrons. The first kappa shape index (κ1) is 16.9. The van der Waals surface area contributed by atoms with Gasteiger partial charge in [0.1, 0.15) is 17.5 Å². The Balaban J connectivity index is 1.46. The standard InChI is InChI=1S/C19H18BrN3O3/c1-25-13-5-4-12-9-17(22-16(12)10-13)19(24)23-8-6-14(11-23)26-18-15(20)3-2-7-21-18/h2-5,7,9-10,14,22H,6,8,11H2,1H3. The van der Waals surface area contributed by atoms with Crippen LogP contribution in [0.25, 0.3) is 10.9 Å². The molecule has 1 fully saturated rings. The van der Waals surface area contributed by atoms with Crippen LogP contribution >= 0.6 is 15.9 Å². The molecule has 1 saturated heterocycles. The van der Waals surface area contributed by atoms with Crippen LogP contribution in [0.1, 0.15) is 16.9 Å². The van der Waals surface area contributed by atoms with Gasteiger partial charge in [0.2, 0.25) is 5.88 Å². The number of carbonyl (C=O) groups excluding carboxylic acids is 1. The number of halogens is 1. The third-order valence-corrected chi connectivity index (χ3v) is 5.10. The van der Waals surface area contributed by atoms with Crippen molar-refractivity contribution < 1.29 is 14.3 Å². The number of fused-ring (bicyclic) bond motifs is 1. The number of likely N-dealkylation sites (tertiary alicyclic amines) is 1. The lowest BCUT2D eigenvalue weighted by Gasteiger charge is -2.16. The van der Waals surface area contributed by atoms with E-state index in [2.05, 4.69) is 25.9 Å². The largest absolute Gasteiger partial charge is 0.497 e. The number of carbonyl (C=O) groups is 1. The molecule has 0 aliphatic carbocycles. The van der Waals surface area contributed by atoms with Gasteiger partial charge in [0.15, 0.2) is 0 Å². The highest BCUT2D eigenvalue weighted by Crippen LogP contribution is 2.26. The topological polar surface area (TPSA) is 67.4 Å². The smallest absolute Gasteiger partial charge is 0.270 e. The van der Waals surface area contributed by atoms with Crippen molar-refractivity contribution in [3.05, 3.63) is 52.8 Å². The Hall–Kier alpha value is -2.54. The summed E-state index contributed by atoms with van der Waals surface area (Å²) in [5.74, 6) is 1.30. The number of aromatic amines is 1. The fraction of sp³-hybridized carbons (Fsp3) is 0.263. The highest BCUT2D eigenvalue weighted by atomic mass is 79.9. The predicted octanol–water partition coefficient (Wildman–Crippen LogP) is 3.63. The average molecular weight is 416 g/mol. The summed E-state index contributed by atoms with van der Waals surface area (Å²) in [7, 11) is 1.63. The Morgan fingerprint density at radius 2 is 2.23 bits per heavy atom. The van der Waals surface area contributed by atoms with E-state index in [0.29, 0.717) is 24.7 Å². The summed E-state index contributed by atoms with van der Waals surface area (Å²) in [5.41, 5.74) is 1.46. The van der Waals surface area contributed by atoms with Crippen molar-refractivity contribution in [2.45, 2.75) is 12.5 Å². The highest BCUT2D eigenvalue weighted by Gasteiger charge is 2.29. The molecule has 26 heavy (non-hydrogen) atoms. The van der Waals surface area contributed by atoms with E-state index in [9.17, 15) is 4.79 Å². The molecule has 0 spiro atoms. The zero-order valence-electron chi connectivity index (χ0n) is 14.2. The number of nitrogens with one attached hydrogen (secondary N) is 1. The fourth-order valence-electron chi connectivity index (χ4n) is 3.14. The molecule has 2 aromatic heterocycles. The minimum atomic E-state index is -0.0605. The van der Waals surface area contributed by atoms with Crippen molar-refractivity contribution in [2.24, 2.45) is 0 Å². The van der Waals surface area contributed by atoms with E-state index in [1.165, 1.54) is 0 Å². The lowest BCUT2D eigenvalue weighted by atomic mass is 10.2. The monoisotopic (exact) mass is 415 g/mol. The van der Waals surface area contributed by atoms with Gasteiger partial charge in [-0.2, -0.15) is 0 Å². The van der Waals surface area contributed by atoms with Gasteiger partial charge in [-0.15, -0.1) is 0 Å². The fourth-order valence-corrected chi connectivity index (χ4v) is 3.49. The normalized spacial score (nSPS) is 16.8. The van der Waals surface area contributed by atoms with E-state index in [0.717, 1.165) is 27.5 Å². The zero-order chi connectivity index (χ0) is 18.1. The van der Waals surface area contributed by atoms with Gasteiger partial charge in [0.05, 0.1) is 18.1 Å². The Morgan fingerprint density at radius 1 is 1.35 bits per heavy atom. The van der Waals surface area contributed by atoms with Crippen molar-refractivity contribution in [1.29, 1.82) is 0 Å². The van der Waals surface area contributed by atoms with Crippen molar-refractivity contribution >= 4 is 32.7 Å². The second-order valence-corrected chi connectivity index (χ2v) is 7.06. The molecule has 0 bridgehead atoms. The summed E-state index contributed by atoms with van der Waals surface area (Å²) < 4.78 is 12.0. The first-order valence-corrected chi connectivity index (χ1v) is 9.16. The van der Waals surface area contributed by atoms with E-state index in [-0.39, 0.29) is 12.0 Å². The second-order valence-electron chi connectivity index (χ2n) is 6.21. The van der Waals surface area contributed by atoms with Gasteiger partial charge in [0, 0.05) is 36.1 Å². The minimum Gasteiger partial charge on any atom is -0.497 e. The van der Waals surface area contributed by atoms with Gasteiger partial charge in [-0.1, -0.05) is 0 Å². The summed E-state index contributed by atoms with van der Waals surface area (Å²) in [6, 6.07) is 11.3. The van der Waals surface area contributed by atoms with Crippen LogP contribution in [-0.4, -0.2) is 47.1 Å². The molecular formula is C19H18BrN3O3. The molecule has 3 aromatic rings. The molecule has 1 amide bonds. The van der Waals surface area contributed by atoms with Crippen molar-refractivity contribution in [3.63, 3.8) is 0 Å². The van der Waals surface area contributed by atoms with Crippen LogP contribution in [0.15, 0.2) is 47.1 Å². The van der Waals surface area contributed by atoms with Crippen molar-refractivity contribution in [2.75, 3.05) is 20.2 Å². The molecule has 7 heteroatoms. The minimum absolute atomic E-state index is 0.0219. The van der Waals surface area contributed by atoms with Crippen LogP contribution < -0.4 is 9.47 Å². The first-order chi connectivity index (χ1) is 12.6. The van der Waals surface area contributed by atoms with E-state index >= 15 is 0 Å². The number of nitrogens with zero attached hydrogens (tertiary/aromatic N) is 2. The number of ether oxygens (including phenoxy) is 2. The highest BCUT2D eigenvalue weighted by molar-refractivity contribution is 9.10. The molecule has 6 nitrogen and oxygen atoms in total. The third kappa shape index (κ3) is 3.26. The predicted molar refractivity (Wildman–Crippen MR) is 102 cm³/mol. The van der Waals surface area contributed by atoms with Crippen LogP contribution in [0.4, 0.5) is 0 Å². The Morgan fingerprint density at radius 3 is 3.04 bits per heavy atom. The van der Waals surface area contributed by atoms with Gasteiger partial charge < -0.3 is 19.4 Å². The molecule has 3 heterocycles. The van der Waals surface area contributed by atoms with E-state index < -0.39 is 0 Å². The van der Waals surface area contributed by atoms with Crippen LogP contribution in [0.5, 0.6) is 11.6 Å².